The predicted octanol–water partition coefficient (Wildman–Crippen LogP) is 5.70. The summed E-state index contributed by atoms with van der Waals surface area (Å²) in [5.41, 5.74) is 0. The monoisotopic (exact) mass is 474 g/mol. The number of carbonyl (C=O) groups excluding carboxylic acids is 2. The fraction of sp³-hybridized carbons (Fsp3) is 0.880. The largest absolute Gasteiger partial charge is 0.481 e. The molecule has 33 heavy (non-hydrogen) atoms. The molecular formula is C25H40F2O6. The van der Waals surface area contributed by atoms with Crippen LogP contribution in [-0.2, 0) is 23.9 Å². The number of carboxylic acids is 1. The first-order chi connectivity index (χ1) is 15.7. The van der Waals surface area contributed by atoms with Crippen molar-refractivity contribution in [2.24, 2.45) is 11.8 Å². The summed E-state index contributed by atoms with van der Waals surface area (Å²) in [7, 11) is 0. The molecular weight excluding hydrogens is 434 g/mol. The van der Waals surface area contributed by atoms with Gasteiger partial charge in [0.15, 0.2) is 6.29 Å². The van der Waals surface area contributed by atoms with Crippen LogP contribution in [0.5, 0.6) is 0 Å². The summed E-state index contributed by atoms with van der Waals surface area (Å²) in [4.78, 5) is 35.7. The molecule has 2 fully saturated rings. The van der Waals surface area contributed by atoms with E-state index in [0.717, 1.165) is 38.5 Å². The zero-order valence-electron chi connectivity index (χ0n) is 19.9. The zero-order chi connectivity index (χ0) is 24.3. The molecule has 0 aromatic heterocycles. The Hall–Kier alpha value is -1.41. The summed E-state index contributed by atoms with van der Waals surface area (Å²) in [6.07, 6.45) is 6.29. The van der Waals surface area contributed by atoms with Crippen LogP contribution in [0.25, 0.3) is 0 Å². The van der Waals surface area contributed by atoms with Gasteiger partial charge in [-0.1, -0.05) is 32.6 Å². The van der Waals surface area contributed by atoms with Gasteiger partial charge in [0.1, 0.15) is 5.78 Å². The van der Waals surface area contributed by atoms with E-state index in [-0.39, 0.29) is 49.6 Å². The standard InChI is InChI=1S/C25H40F2O6/c1-2-3-15-25(26,27)22(29)14-13-19-18(10-6-4-5-7-11-23(30)31)20(28)17-21(19)33-24-12-8-9-16-32-24/h18-19,21,24H,2-17H2,1H3,(H,30,31)/t18-,19-,21-,24-/m1/s1. The molecule has 1 saturated carbocycles. The van der Waals surface area contributed by atoms with Gasteiger partial charge in [-0.05, 0) is 50.9 Å². The average molecular weight is 475 g/mol. The molecule has 1 saturated heterocycles. The van der Waals surface area contributed by atoms with Crippen molar-refractivity contribution in [1.29, 1.82) is 0 Å². The van der Waals surface area contributed by atoms with E-state index in [1.807, 2.05) is 6.92 Å². The Morgan fingerprint density at radius 1 is 1.09 bits per heavy atom. The Balaban J connectivity index is 1.95. The number of hydrogen-bond donors (Lipinski definition) is 1. The van der Waals surface area contributed by atoms with Crippen LogP contribution < -0.4 is 0 Å². The van der Waals surface area contributed by atoms with Crippen molar-refractivity contribution in [3.05, 3.63) is 0 Å². The average Bonchev–Trinajstić information content (AvgIpc) is 3.07. The highest BCUT2D eigenvalue weighted by atomic mass is 19.3. The molecule has 0 bridgehead atoms. The third-order valence-electron chi connectivity index (χ3n) is 6.89. The Labute approximate surface area is 195 Å². The Kier molecular flexibility index (Phi) is 11.9. The summed E-state index contributed by atoms with van der Waals surface area (Å²) < 4.78 is 40.2. The first kappa shape index (κ1) is 27.8. The van der Waals surface area contributed by atoms with Crippen molar-refractivity contribution in [3.63, 3.8) is 0 Å². The highest BCUT2D eigenvalue weighted by Crippen LogP contribution is 2.40. The van der Waals surface area contributed by atoms with Gasteiger partial charge in [0, 0.05) is 38.2 Å². The summed E-state index contributed by atoms with van der Waals surface area (Å²) in [5.74, 6) is -5.69. The molecule has 1 aliphatic carbocycles. The van der Waals surface area contributed by atoms with Crippen LogP contribution in [0.1, 0.15) is 103 Å². The molecule has 1 N–H and O–H groups in total. The quantitative estimate of drug-likeness (QED) is 0.289. The number of carboxylic acid groups (broad SMARTS) is 1. The molecule has 1 heterocycles. The van der Waals surface area contributed by atoms with Crippen LogP contribution in [-0.4, -0.2) is 47.6 Å². The predicted molar refractivity (Wildman–Crippen MR) is 119 cm³/mol. The van der Waals surface area contributed by atoms with Crippen LogP contribution in [0.15, 0.2) is 0 Å². The normalized spacial score (nSPS) is 26.0. The van der Waals surface area contributed by atoms with E-state index in [2.05, 4.69) is 0 Å². The lowest BCUT2D eigenvalue weighted by Crippen LogP contribution is -2.33. The molecule has 0 aromatic carbocycles. The van der Waals surface area contributed by atoms with Gasteiger partial charge in [0.2, 0.25) is 5.78 Å². The number of carbonyl (C=O) groups is 3. The molecule has 6 nitrogen and oxygen atoms in total. The summed E-state index contributed by atoms with van der Waals surface area (Å²) in [6.45, 7) is 2.42. The minimum absolute atomic E-state index is 0.0662. The van der Waals surface area contributed by atoms with Crippen molar-refractivity contribution in [1.82, 2.24) is 0 Å². The lowest BCUT2D eigenvalue weighted by molar-refractivity contribution is -0.196. The maximum atomic E-state index is 14.2. The lowest BCUT2D eigenvalue weighted by Gasteiger charge is -2.30. The second-order valence-corrected chi connectivity index (χ2v) is 9.53. The molecule has 4 atom stereocenters. The van der Waals surface area contributed by atoms with Crippen LogP contribution in [0.2, 0.25) is 0 Å². The molecule has 8 heteroatoms. The maximum absolute atomic E-state index is 14.2. The number of unbranched alkanes of at least 4 members (excludes halogenated alkanes) is 4. The van der Waals surface area contributed by atoms with Crippen molar-refractivity contribution < 1.29 is 37.7 Å². The first-order valence-corrected chi connectivity index (χ1v) is 12.7. The van der Waals surface area contributed by atoms with Crippen LogP contribution in [0, 0.1) is 11.8 Å². The fourth-order valence-electron chi connectivity index (χ4n) is 4.94. The van der Waals surface area contributed by atoms with Crippen molar-refractivity contribution in [2.45, 2.75) is 122 Å². The van der Waals surface area contributed by atoms with Gasteiger partial charge in [0.05, 0.1) is 6.10 Å². The smallest absolute Gasteiger partial charge is 0.305 e. The molecule has 0 unspecified atom stereocenters. The number of ether oxygens (including phenoxy) is 2. The van der Waals surface area contributed by atoms with E-state index < -0.39 is 30.2 Å². The number of aliphatic carboxylic acids is 1. The molecule has 0 aromatic rings. The Morgan fingerprint density at radius 2 is 1.85 bits per heavy atom. The van der Waals surface area contributed by atoms with Gasteiger partial charge in [0.25, 0.3) is 0 Å². The molecule has 0 radical (unpaired) electrons. The summed E-state index contributed by atoms with van der Waals surface area (Å²) in [6, 6.07) is 0. The minimum atomic E-state index is -3.32. The number of ketones is 2. The number of alkyl halides is 2. The van der Waals surface area contributed by atoms with E-state index in [1.165, 1.54) is 0 Å². The van der Waals surface area contributed by atoms with Gasteiger partial charge in [-0.3, -0.25) is 14.4 Å². The van der Waals surface area contributed by atoms with Crippen LogP contribution in [0.3, 0.4) is 0 Å². The Bertz CT molecular complexity index is 632. The Morgan fingerprint density at radius 3 is 2.52 bits per heavy atom. The zero-order valence-corrected chi connectivity index (χ0v) is 19.9. The summed E-state index contributed by atoms with van der Waals surface area (Å²) in [5, 5.41) is 8.73. The molecule has 190 valence electrons. The highest BCUT2D eigenvalue weighted by molar-refractivity contribution is 5.86. The second kappa shape index (κ2) is 14.1. The third-order valence-corrected chi connectivity index (χ3v) is 6.89. The van der Waals surface area contributed by atoms with Gasteiger partial charge in [-0.15, -0.1) is 0 Å². The van der Waals surface area contributed by atoms with Crippen molar-refractivity contribution in [3.8, 4) is 0 Å². The van der Waals surface area contributed by atoms with Gasteiger partial charge < -0.3 is 14.6 Å². The number of halogens is 2. The van der Waals surface area contributed by atoms with Gasteiger partial charge in [-0.2, -0.15) is 8.78 Å². The molecule has 0 spiro atoms. The fourth-order valence-corrected chi connectivity index (χ4v) is 4.94. The van der Waals surface area contributed by atoms with Crippen molar-refractivity contribution in [2.75, 3.05) is 6.61 Å². The first-order valence-electron chi connectivity index (χ1n) is 12.7. The molecule has 1 aliphatic heterocycles. The van der Waals surface area contributed by atoms with Crippen LogP contribution >= 0.6 is 0 Å². The SMILES string of the molecule is CCCCC(F)(F)C(=O)CC[C@H]1[C@H](O[C@@H]2CCCCO2)CC(=O)[C@@H]1CCCCCCC(=O)O. The maximum Gasteiger partial charge on any atom is 0.305 e. The number of hydrogen-bond acceptors (Lipinski definition) is 5. The van der Waals surface area contributed by atoms with Crippen molar-refractivity contribution >= 4 is 17.5 Å². The third kappa shape index (κ3) is 9.39. The molecule has 2 rings (SSSR count). The number of Topliss-reactive ketones (excluding diaryl/α,β-unsaturated/α-hetero) is 2. The molecule has 0 amide bonds. The van der Waals surface area contributed by atoms with E-state index in [4.69, 9.17) is 14.6 Å². The topological polar surface area (TPSA) is 89.9 Å². The van der Waals surface area contributed by atoms with Gasteiger partial charge >= 0.3 is 11.9 Å². The lowest BCUT2D eigenvalue weighted by atomic mass is 9.84. The second-order valence-electron chi connectivity index (χ2n) is 9.53. The highest BCUT2D eigenvalue weighted by Gasteiger charge is 2.45. The van der Waals surface area contributed by atoms with Gasteiger partial charge in [-0.25, -0.2) is 0 Å². The summed E-state index contributed by atoms with van der Waals surface area (Å²) >= 11 is 0. The minimum Gasteiger partial charge on any atom is -0.481 e. The number of rotatable bonds is 16. The van der Waals surface area contributed by atoms with Crippen LogP contribution in [0.4, 0.5) is 8.78 Å². The van der Waals surface area contributed by atoms with E-state index in [9.17, 15) is 23.2 Å². The molecule has 2 aliphatic rings. The van der Waals surface area contributed by atoms with E-state index in [0.29, 0.717) is 32.3 Å². The van der Waals surface area contributed by atoms with E-state index >= 15 is 0 Å². The van der Waals surface area contributed by atoms with E-state index in [1.54, 1.807) is 0 Å².